The average Bonchev–Trinajstić information content (AvgIpc) is 3.03. The third-order valence-corrected chi connectivity index (χ3v) is 3.97. The Morgan fingerprint density at radius 2 is 1.67 bits per heavy atom. The van der Waals surface area contributed by atoms with Crippen molar-refractivity contribution in [1.29, 1.82) is 0 Å². The van der Waals surface area contributed by atoms with E-state index >= 15 is 0 Å². The standard InChI is InChI=1S/C16H15N3OS/c20-15(13-7-3-1-4-8-13)11-21-16-17-12-19(18-16)14-9-5-2-6-10-14/h1-10,12,15,20H,11H2. The van der Waals surface area contributed by atoms with Crippen LogP contribution in [0.2, 0.25) is 0 Å². The van der Waals surface area contributed by atoms with E-state index in [4.69, 9.17) is 0 Å². The molecule has 0 amide bonds. The van der Waals surface area contributed by atoms with Gasteiger partial charge in [-0.25, -0.2) is 9.67 Å². The fraction of sp³-hybridized carbons (Fsp3) is 0.125. The summed E-state index contributed by atoms with van der Waals surface area (Å²) in [7, 11) is 0. The Morgan fingerprint density at radius 1 is 1.00 bits per heavy atom. The van der Waals surface area contributed by atoms with Gasteiger partial charge in [0.15, 0.2) is 0 Å². The average molecular weight is 297 g/mol. The fourth-order valence-corrected chi connectivity index (χ4v) is 2.71. The lowest BCUT2D eigenvalue weighted by molar-refractivity contribution is 0.204. The lowest BCUT2D eigenvalue weighted by Crippen LogP contribution is -2.00. The van der Waals surface area contributed by atoms with Crippen molar-refractivity contribution in [2.24, 2.45) is 0 Å². The van der Waals surface area contributed by atoms with Crippen molar-refractivity contribution in [1.82, 2.24) is 14.8 Å². The molecule has 1 unspecified atom stereocenters. The highest BCUT2D eigenvalue weighted by Gasteiger charge is 2.10. The molecule has 1 atom stereocenters. The predicted octanol–water partition coefficient (Wildman–Crippen LogP) is 3.09. The van der Waals surface area contributed by atoms with E-state index in [0.29, 0.717) is 10.9 Å². The Kier molecular flexibility index (Phi) is 4.33. The van der Waals surface area contributed by atoms with Crippen LogP contribution in [-0.2, 0) is 0 Å². The van der Waals surface area contributed by atoms with Crippen LogP contribution in [-0.4, -0.2) is 25.6 Å². The molecule has 0 saturated heterocycles. The number of aliphatic hydroxyl groups is 1. The zero-order chi connectivity index (χ0) is 14.5. The zero-order valence-corrected chi connectivity index (χ0v) is 12.1. The highest BCUT2D eigenvalue weighted by molar-refractivity contribution is 7.99. The van der Waals surface area contributed by atoms with Crippen molar-refractivity contribution in [3.63, 3.8) is 0 Å². The van der Waals surface area contributed by atoms with Crippen molar-refractivity contribution in [3.05, 3.63) is 72.6 Å². The van der Waals surface area contributed by atoms with Crippen molar-refractivity contribution >= 4 is 11.8 Å². The van der Waals surface area contributed by atoms with Crippen molar-refractivity contribution < 1.29 is 5.11 Å². The van der Waals surface area contributed by atoms with Crippen LogP contribution in [0.5, 0.6) is 0 Å². The number of aliphatic hydroxyl groups excluding tert-OH is 1. The Hall–Kier alpha value is -2.11. The number of nitrogens with zero attached hydrogens (tertiary/aromatic N) is 3. The molecule has 106 valence electrons. The molecule has 0 fully saturated rings. The van der Waals surface area contributed by atoms with Gasteiger partial charge in [-0.3, -0.25) is 0 Å². The van der Waals surface area contributed by atoms with Gasteiger partial charge < -0.3 is 5.11 Å². The molecule has 0 saturated carbocycles. The van der Waals surface area contributed by atoms with Gasteiger partial charge in [0.1, 0.15) is 6.33 Å². The van der Waals surface area contributed by atoms with Crippen LogP contribution in [0.4, 0.5) is 0 Å². The Balaban J connectivity index is 1.63. The molecule has 0 aliphatic heterocycles. The summed E-state index contributed by atoms with van der Waals surface area (Å²) < 4.78 is 1.73. The molecule has 5 heteroatoms. The van der Waals surface area contributed by atoms with Crippen LogP contribution in [0.1, 0.15) is 11.7 Å². The predicted molar refractivity (Wildman–Crippen MR) is 83.5 cm³/mol. The maximum atomic E-state index is 10.1. The summed E-state index contributed by atoms with van der Waals surface area (Å²) in [5.41, 5.74) is 1.88. The molecule has 0 aliphatic rings. The zero-order valence-electron chi connectivity index (χ0n) is 11.3. The number of hydrogen-bond acceptors (Lipinski definition) is 4. The molecule has 1 heterocycles. The van der Waals surface area contributed by atoms with Crippen LogP contribution in [0.25, 0.3) is 5.69 Å². The van der Waals surface area contributed by atoms with Crippen molar-refractivity contribution in [3.8, 4) is 5.69 Å². The smallest absolute Gasteiger partial charge is 0.208 e. The molecule has 3 aromatic rings. The molecular weight excluding hydrogens is 282 g/mol. The van der Waals surface area contributed by atoms with Gasteiger partial charge in [0.25, 0.3) is 0 Å². The number of thioether (sulfide) groups is 1. The number of hydrogen-bond donors (Lipinski definition) is 1. The van der Waals surface area contributed by atoms with Gasteiger partial charge in [-0.15, -0.1) is 5.10 Å². The van der Waals surface area contributed by atoms with Gasteiger partial charge >= 0.3 is 0 Å². The van der Waals surface area contributed by atoms with E-state index in [1.54, 1.807) is 11.0 Å². The van der Waals surface area contributed by atoms with Crippen LogP contribution >= 0.6 is 11.8 Å². The van der Waals surface area contributed by atoms with E-state index in [2.05, 4.69) is 10.1 Å². The first-order valence-corrected chi connectivity index (χ1v) is 7.64. The maximum Gasteiger partial charge on any atom is 0.208 e. The summed E-state index contributed by atoms with van der Waals surface area (Å²) in [6, 6.07) is 19.5. The first kappa shape index (κ1) is 13.9. The minimum atomic E-state index is -0.514. The molecule has 1 N–H and O–H groups in total. The summed E-state index contributed by atoms with van der Waals surface area (Å²) in [6.45, 7) is 0. The second-order valence-electron chi connectivity index (χ2n) is 4.54. The minimum Gasteiger partial charge on any atom is -0.388 e. The topological polar surface area (TPSA) is 50.9 Å². The second kappa shape index (κ2) is 6.56. The molecule has 1 aromatic heterocycles. The quantitative estimate of drug-likeness (QED) is 0.735. The van der Waals surface area contributed by atoms with Gasteiger partial charge in [-0.2, -0.15) is 0 Å². The Labute approximate surface area is 127 Å². The van der Waals surface area contributed by atoms with E-state index in [0.717, 1.165) is 11.3 Å². The fourth-order valence-electron chi connectivity index (χ4n) is 1.94. The Morgan fingerprint density at radius 3 is 2.38 bits per heavy atom. The minimum absolute atomic E-state index is 0.514. The molecule has 0 spiro atoms. The third-order valence-electron chi connectivity index (χ3n) is 3.05. The molecule has 0 aliphatic carbocycles. The van der Waals surface area contributed by atoms with E-state index in [-0.39, 0.29) is 0 Å². The highest BCUT2D eigenvalue weighted by Crippen LogP contribution is 2.22. The molecule has 0 bridgehead atoms. The summed E-state index contributed by atoms with van der Waals surface area (Å²) in [5, 5.41) is 15.2. The largest absolute Gasteiger partial charge is 0.388 e. The highest BCUT2D eigenvalue weighted by atomic mass is 32.2. The summed E-state index contributed by atoms with van der Waals surface area (Å²) in [6.07, 6.45) is 1.17. The number of benzene rings is 2. The number of rotatable bonds is 5. The van der Waals surface area contributed by atoms with Crippen molar-refractivity contribution in [2.45, 2.75) is 11.3 Å². The maximum absolute atomic E-state index is 10.1. The number of para-hydroxylation sites is 1. The van der Waals surface area contributed by atoms with Gasteiger partial charge in [0.2, 0.25) is 5.16 Å². The van der Waals surface area contributed by atoms with E-state index in [9.17, 15) is 5.11 Å². The number of aromatic nitrogens is 3. The molecule has 3 rings (SSSR count). The van der Waals surface area contributed by atoms with Crippen molar-refractivity contribution in [2.75, 3.05) is 5.75 Å². The molecule has 2 aromatic carbocycles. The second-order valence-corrected chi connectivity index (χ2v) is 5.53. The van der Waals surface area contributed by atoms with Crippen LogP contribution < -0.4 is 0 Å². The third kappa shape index (κ3) is 3.51. The molecule has 0 radical (unpaired) electrons. The lowest BCUT2D eigenvalue weighted by Gasteiger charge is -2.08. The SMILES string of the molecule is OC(CSc1ncn(-c2ccccc2)n1)c1ccccc1. The van der Waals surface area contributed by atoms with E-state index < -0.39 is 6.10 Å². The van der Waals surface area contributed by atoms with Crippen LogP contribution in [0, 0.1) is 0 Å². The first-order valence-electron chi connectivity index (χ1n) is 6.66. The van der Waals surface area contributed by atoms with E-state index in [1.165, 1.54) is 11.8 Å². The first-order chi connectivity index (χ1) is 10.3. The summed E-state index contributed by atoms with van der Waals surface area (Å²) in [4.78, 5) is 4.26. The van der Waals surface area contributed by atoms with Gasteiger partial charge in [0.05, 0.1) is 11.8 Å². The van der Waals surface area contributed by atoms with Gasteiger partial charge in [0, 0.05) is 5.75 Å². The van der Waals surface area contributed by atoms with Crippen LogP contribution in [0.3, 0.4) is 0 Å². The lowest BCUT2D eigenvalue weighted by atomic mass is 10.1. The summed E-state index contributed by atoms with van der Waals surface area (Å²) in [5.74, 6) is 0.531. The Bertz CT molecular complexity index is 685. The molecular formula is C16H15N3OS. The van der Waals surface area contributed by atoms with E-state index in [1.807, 2.05) is 60.7 Å². The molecule has 4 nitrogen and oxygen atoms in total. The molecule has 21 heavy (non-hydrogen) atoms. The van der Waals surface area contributed by atoms with Gasteiger partial charge in [-0.1, -0.05) is 60.3 Å². The monoisotopic (exact) mass is 297 g/mol. The normalized spacial score (nSPS) is 12.2. The van der Waals surface area contributed by atoms with Crippen LogP contribution in [0.15, 0.2) is 72.1 Å². The van der Waals surface area contributed by atoms with Gasteiger partial charge in [-0.05, 0) is 17.7 Å². The summed E-state index contributed by atoms with van der Waals surface area (Å²) >= 11 is 1.45.